The lowest BCUT2D eigenvalue weighted by molar-refractivity contribution is -0.160. The Hall–Kier alpha value is -5.99. The SMILES string of the molecule is CCC1OC(n2ccc(CC(=O)c3ccccc3)nc2=O)C(OC)C1OC(=O)COC(=O)c1cc(C)c(C)c(C)c1.Cc1cc(C(=O)OCC(=O)O)cc(C)c1C. The number of ketones is 1. The van der Waals surface area contributed by atoms with E-state index in [1.807, 2.05) is 54.5 Å². The minimum Gasteiger partial charge on any atom is -0.479 e. The van der Waals surface area contributed by atoms with E-state index in [0.717, 1.165) is 33.4 Å². The number of benzene rings is 3. The molecule has 4 aromatic rings. The van der Waals surface area contributed by atoms with Crippen molar-refractivity contribution in [1.29, 1.82) is 0 Å². The fourth-order valence-electron chi connectivity index (χ4n) is 6.20. The molecule has 1 N–H and O–H groups in total. The van der Waals surface area contributed by atoms with Crippen molar-refractivity contribution < 1.29 is 52.8 Å². The number of ether oxygens (including phenoxy) is 5. The van der Waals surface area contributed by atoms with E-state index < -0.39 is 67.3 Å². The first-order chi connectivity index (χ1) is 27.0. The van der Waals surface area contributed by atoms with Gasteiger partial charge in [-0.15, -0.1) is 0 Å². The Bertz CT molecular complexity index is 2130. The number of rotatable bonds is 13. The average Bonchev–Trinajstić information content (AvgIpc) is 3.53. The molecule has 4 atom stereocenters. The topological polar surface area (TPSA) is 187 Å². The molecule has 1 saturated heterocycles. The molecular formula is C43H48N2O12. The van der Waals surface area contributed by atoms with Crippen molar-refractivity contribution in [2.75, 3.05) is 20.3 Å². The molecule has 1 aromatic heterocycles. The second kappa shape index (κ2) is 19.7. The molecule has 2 heterocycles. The maximum atomic E-state index is 13.0. The van der Waals surface area contributed by atoms with Crippen molar-refractivity contribution in [1.82, 2.24) is 9.55 Å². The zero-order valence-electron chi connectivity index (χ0n) is 33.3. The normalized spacial score (nSPS) is 17.2. The van der Waals surface area contributed by atoms with Gasteiger partial charge in [0.2, 0.25) is 0 Å². The molecule has 0 spiro atoms. The van der Waals surface area contributed by atoms with E-state index in [0.29, 0.717) is 28.8 Å². The fraction of sp³-hybridized carbons (Fsp3) is 0.372. The monoisotopic (exact) mass is 784 g/mol. The predicted molar refractivity (Wildman–Crippen MR) is 207 cm³/mol. The first-order valence-corrected chi connectivity index (χ1v) is 18.3. The summed E-state index contributed by atoms with van der Waals surface area (Å²) in [5, 5.41) is 8.39. The third kappa shape index (κ3) is 11.3. The van der Waals surface area contributed by atoms with Gasteiger partial charge in [-0.3, -0.25) is 9.36 Å². The summed E-state index contributed by atoms with van der Waals surface area (Å²) >= 11 is 0. The minimum absolute atomic E-state index is 0.0302. The van der Waals surface area contributed by atoms with Crippen LogP contribution in [0.2, 0.25) is 0 Å². The highest BCUT2D eigenvalue weighted by atomic mass is 16.6. The van der Waals surface area contributed by atoms with Crippen LogP contribution < -0.4 is 5.69 Å². The van der Waals surface area contributed by atoms with Crippen molar-refractivity contribution >= 4 is 29.7 Å². The third-order valence-corrected chi connectivity index (χ3v) is 9.80. The second-order valence-electron chi connectivity index (χ2n) is 13.7. The Morgan fingerprint density at radius 3 is 1.75 bits per heavy atom. The van der Waals surface area contributed by atoms with E-state index in [1.54, 1.807) is 54.6 Å². The van der Waals surface area contributed by atoms with E-state index in [-0.39, 0.29) is 12.2 Å². The summed E-state index contributed by atoms with van der Waals surface area (Å²) in [5.41, 5.74) is 7.04. The summed E-state index contributed by atoms with van der Waals surface area (Å²) in [5.74, 6) is -3.32. The highest BCUT2D eigenvalue weighted by Crippen LogP contribution is 2.34. The molecule has 0 radical (unpaired) electrons. The summed E-state index contributed by atoms with van der Waals surface area (Å²) in [6, 6.07) is 17.2. The van der Waals surface area contributed by atoms with Crippen LogP contribution in [0.3, 0.4) is 0 Å². The van der Waals surface area contributed by atoms with Crippen molar-refractivity contribution in [3.05, 3.63) is 133 Å². The quantitative estimate of drug-likeness (QED) is 0.101. The van der Waals surface area contributed by atoms with Crippen LogP contribution >= 0.6 is 0 Å². The van der Waals surface area contributed by atoms with Gasteiger partial charge in [0.15, 0.2) is 31.3 Å². The number of carboxylic acids is 1. The van der Waals surface area contributed by atoms with Crippen molar-refractivity contribution in [3.8, 4) is 0 Å². The van der Waals surface area contributed by atoms with Gasteiger partial charge in [0, 0.05) is 18.9 Å². The van der Waals surface area contributed by atoms with Gasteiger partial charge < -0.3 is 28.8 Å². The first kappa shape index (κ1) is 43.7. The number of nitrogens with zero attached hydrogens (tertiary/aromatic N) is 2. The lowest BCUT2D eigenvalue weighted by atomic mass is 10.0. The van der Waals surface area contributed by atoms with E-state index in [9.17, 15) is 28.8 Å². The molecule has 1 aliphatic rings. The van der Waals surface area contributed by atoms with E-state index >= 15 is 0 Å². The van der Waals surface area contributed by atoms with Crippen LogP contribution in [0.5, 0.6) is 0 Å². The highest BCUT2D eigenvalue weighted by molar-refractivity contribution is 5.97. The van der Waals surface area contributed by atoms with E-state index in [2.05, 4.69) is 9.72 Å². The number of hydrogen-bond donors (Lipinski definition) is 1. The van der Waals surface area contributed by atoms with Crippen molar-refractivity contribution in [2.45, 2.75) is 85.8 Å². The zero-order chi connectivity index (χ0) is 42.0. The van der Waals surface area contributed by atoms with Gasteiger partial charge in [0.25, 0.3) is 0 Å². The number of carbonyl (C=O) groups is 5. The van der Waals surface area contributed by atoms with Crippen LogP contribution in [0.4, 0.5) is 0 Å². The van der Waals surface area contributed by atoms with Crippen LogP contribution in [-0.2, 0) is 39.7 Å². The molecule has 4 unspecified atom stereocenters. The Morgan fingerprint density at radius 2 is 1.28 bits per heavy atom. The summed E-state index contributed by atoms with van der Waals surface area (Å²) in [6.45, 7) is 12.2. The summed E-state index contributed by atoms with van der Waals surface area (Å²) in [4.78, 5) is 76.5. The van der Waals surface area contributed by atoms with Crippen LogP contribution in [0.25, 0.3) is 0 Å². The Morgan fingerprint density at radius 1 is 0.754 bits per heavy atom. The van der Waals surface area contributed by atoms with Crippen LogP contribution in [0.15, 0.2) is 71.7 Å². The van der Waals surface area contributed by atoms with Gasteiger partial charge in [-0.2, -0.15) is 4.98 Å². The summed E-state index contributed by atoms with van der Waals surface area (Å²) < 4.78 is 28.4. The van der Waals surface area contributed by atoms with Gasteiger partial charge >= 0.3 is 29.6 Å². The molecule has 57 heavy (non-hydrogen) atoms. The van der Waals surface area contributed by atoms with Gasteiger partial charge in [0.05, 0.1) is 29.3 Å². The molecule has 1 aliphatic heterocycles. The van der Waals surface area contributed by atoms with Gasteiger partial charge in [-0.25, -0.2) is 24.0 Å². The summed E-state index contributed by atoms with van der Waals surface area (Å²) in [6.07, 6.45) is -1.29. The Balaban J connectivity index is 0.000000377. The molecule has 14 nitrogen and oxygen atoms in total. The molecular weight excluding hydrogens is 736 g/mol. The van der Waals surface area contributed by atoms with Crippen LogP contribution in [-0.4, -0.2) is 83.0 Å². The maximum absolute atomic E-state index is 13.0. The van der Waals surface area contributed by atoms with Gasteiger partial charge in [-0.1, -0.05) is 37.3 Å². The van der Waals surface area contributed by atoms with Crippen LogP contribution in [0.1, 0.15) is 89.7 Å². The molecule has 5 rings (SSSR count). The molecule has 0 amide bonds. The minimum atomic E-state index is -1.16. The van der Waals surface area contributed by atoms with Gasteiger partial charge in [-0.05, 0) is 112 Å². The number of hydrogen-bond acceptors (Lipinski definition) is 12. The van der Waals surface area contributed by atoms with Crippen molar-refractivity contribution in [2.24, 2.45) is 0 Å². The number of aromatic nitrogens is 2. The first-order valence-electron chi connectivity index (χ1n) is 18.3. The number of methoxy groups -OCH3 is 1. The molecule has 3 aromatic carbocycles. The largest absolute Gasteiger partial charge is 0.479 e. The standard InChI is InChI=1S/C31H34N2O8.C12H14O4/c1-6-25-27(41-26(35)17-39-30(36)22-14-18(2)20(4)19(3)15-22)28(38-5)29(40-25)33-13-12-23(32-31(33)37)16-24(34)21-10-8-7-9-11-21;1-7-4-10(5-8(2)9(7)3)12(15)16-6-11(13)14/h7-15,25,27-29H,6,16-17H2,1-5H3;4-5H,6H2,1-3H3,(H,13,14). The summed E-state index contributed by atoms with van der Waals surface area (Å²) in [7, 11) is 1.42. The molecule has 0 saturated carbocycles. The fourth-order valence-corrected chi connectivity index (χ4v) is 6.20. The number of esters is 3. The molecule has 302 valence electrons. The Labute approximate surface area is 330 Å². The van der Waals surface area contributed by atoms with E-state index in [4.69, 9.17) is 24.1 Å². The molecule has 14 heteroatoms. The lowest BCUT2D eigenvalue weighted by Gasteiger charge is -2.23. The smallest absolute Gasteiger partial charge is 0.350 e. The number of aryl methyl sites for hydroxylation is 4. The number of aliphatic carboxylic acids is 1. The zero-order valence-corrected chi connectivity index (χ0v) is 33.3. The van der Waals surface area contributed by atoms with Crippen LogP contribution in [0, 0.1) is 41.5 Å². The third-order valence-electron chi connectivity index (χ3n) is 9.80. The van der Waals surface area contributed by atoms with Gasteiger partial charge in [0.1, 0.15) is 6.10 Å². The number of carboxylic acid groups (broad SMARTS) is 1. The highest BCUT2D eigenvalue weighted by Gasteiger charge is 2.48. The Kier molecular flexibility index (Phi) is 15.1. The van der Waals surface area contributed by atoms with E-state index in [1.165, 1.54) is 17.9 Å². The molecule has 0 bridgehead atoms. The lowest BCUT2D eigenvalue weighted by Crippen LogP contribution is -2.40. The molecule has 1 fully saturated rings. The maximum Gasteiger partial charge on any atom is 0.350 e. The number of Topliss-reactive ketones (excluding diaryl/α,β-unsaturated/α-hetero) is 1. The second-order valence-corrected chi connectivity index (χ2v) is 13.7. The number of carbonyl (C=O) groups excluding carboxylic acids is 4. The predicted octanol–water partition coefficient (Wildman–Crippen LogP) is 5.54. The van der Waals surface area contributed by atoms with Crippen molar-refractivity contribution in [3.63, 3.8) is 0 Å². The average molecular weight is 785 g/mol. The molecule has 0 aliphatic carbocycles.